The van der Waals surface area contributed by atoms with Gasteiger partial charge in [0, 0.05) is 19.8 Å². The van der Waals surface area contributed by atoms with Crippen LogP contribution in [0.5, 0.6) is 0 Å². The van der Waals surface area contributed by atoms with E-state index in [1.807, 2.05) is 43.3 Å². The predicted molar refractivity (Wildman–Crippen MR) is 91.8 cm³/mol. The van der Waals surface area contributed by atoms with E-state index >= 15 is 0 Å². The van der Waals surface area contributed by atoms with Gasteiger partial charge in [0.25, 0.3) is 0 Å². The van der Waals surface area contributed by atoms with Crippen molar-refractivity contribution in [3.63, 3.8) is 0 Å². The number of aromatic nitrogens is 1. The van der Waals surface area contributed by atoms with Gasteiger partial charge in [-0.25, -0.2) is 15.2 Å². The van der Waals surface area contributed by atoms with Crippen LogP contribution in [0.25, 0.3) is 0 Å². The summed E-state index contributed by atoms with van der Waals surface area (Å²) < 4.78 is 0. The smallest absolute Gasteiger partial charge is 0.340 e. The number of thiazole rings is 1. The molecule has 1 aromatic heterocycles. The predicted octanol–water partition coefficient (Wildman–Crippen LogP) is 2.26. The van der Waals surface area contributed by atoms with Gasteiger partial charge in [-0.15, -0.1) is 0 Å². The summed E-state index contributed by atoms with van der Waals surface area (Å²) in [7, 11) is 3.95. The third-order valence-electron chi connectivity index (χ3n) is 2.83. The van der Waals surface area contributed by atoms with Gasteiger partial charge in [-0.1, -0.05) is 23.5 Å². The van der Waals surface area contributed by atoms with Gasteiger partial charge in [0.15, 0.2) is 5.13 Å². The van der Waals surface area contributed by atoms with Crippen LogP contribution in [0.2, 0.25) is 0 Å². The lowest BCUT2D eigenvalue weighted by Crippen LogP contribution is -2.24. The van der Waals surface area contributed by atoms with E-state index < -0.39 is 6.03 Å². The number of nitrogens with one attached hydrogen (secondary N) is 2. The molecule has 0 unspecified atom stereocenters. The number of nitrogens with two attached hydrogens (primary N) is 1. The Balaban J connectivity index is 1.89. The maximum atomic E-state index is 11.7. The Labute approximate surface area is 132 Å². The molecule has 0 saturated heterocycles. The number of hydrogen-bond donors (Lipinski definition) is 3. The number of carbonyl (C=O) groups excluding carboxylic acids is 1. The molecule has 2 aromatic rings. The minimum atomic E-state index is -0.437. The highest BCUT2D eigenvalue weighted by molar-refractivity contribution is 7.19. The van der Waals surface area contributed by atoms with E-state index in [4.69, 9.17) is 5.73 Å². The fourth-order valence-electron chi connectivity index (χ4n) is 1.69. The third-order valence-corrected chi connectivity index (χ3v) is 3.73. The number of carbonyl (C=O) groups is 1. The molecule has 0 saturated carbocycles. The molecular weight excluding hydrogens is 300 g/mol. The van der Waals surface area contributed by atoms with Gasteiger partial charge in [0.05, 0.1) is 11.9 Å². The molecule has 0 bridgehead atoms. The van der Waals surface area contributed by atoms with E-state index in [1.54, 1.807) is 13.1 Å². The molecule has 8 heteroatoms. The van der Waals surface area contributed by atoms with Crippen molar-refractivity contribution < 1.29 is 4.79 Å². The van der Waals surface area contributed by atoms with Crippen molar-refractivity contribution in [2.45, 2.75) is 6.92 Å². The first-order chi connectivity index (χ1) is 10.5. The lowest BCUT2D eigenvalue weighted by atomic mass is 10.2. The van der Waals surface area contributed by atoms with Gasteiger partial charge in [-0.2, -0.15) is 5.10 Å². The molecule has 116 valence electrons. The molecule has 0 aliphatic rings. The SMILES string of the molecule is Cc1nc(N)sc1NC(=O)N/N=C/c1ccc(N(C)C)cc1. The van der Waals surface area contributed by atoms with Gasteiger partial charge in [-0.3, -0.25) is 5.32 Å². The van der Waals surface area contributed by atoms with Gasteiger partial charge >= 0.3 is 6.03 Å². The van der Waals surface area contributed by atoms with E-state index in [0.717, 1.165) is 11.3 Å². The second kappa shape index (κ2) is 6.90. The van der Waals surface area contributed by atoms with Crippen LogP contribution in [0.4, 0.5) is 20.6 Å². The third kappa shape index (κ3) is 4.19. The van der Waals surface area contributed by atoms with E-state index in [0.29, 0.717) is 15.8 Å². The van der Waals surface area contributed by atoms with Crippen LogP contribution in [0.15, 0.2) is 29.4 Å². The van der Waals surface area contributed by atoms with Crippen molar-refractivity contribution in [3.8, 4) is 0 Å². The number of hydrazone groups is 1. The highest BCUT2D eigenvalue weighted by Crippen LogP contribution is 2.25. The molecule has 0 aliphatic carbocycles. The minimum Gasteiger partial charge on any atom is -0.378 e. The van der Waals surface area contributed by atoms with E-state index in [2.05, 4.69) is 20.8 Å². The Morgan fingerprint density at radius 1 is 1.36 bits per heavy atom. The van der Waals surface area contributed by atoms with Crippen molar-refractivity contribution in [2.24, 2.45) is 5.10 Å². The van der Waals surface area contributed by atoms with Crippen LogP contribution >= 0.6 is 11.3 Å². The largest absolute Gasteiger partial charge is 0.378 e. The summed E-state index contributed by atoms with van der Waals surface area (Å²) in [5.41, 5.74) is 10.6. The van der Waals surface area contributed by atoms with E-state index in [9.17, 15) is 4.79 Å². The fourth-order valence-corrected chi connectivity index (χ4v) is 2.42. The molecule has 0 fully saturated rings. The summed E-state index contributed by atoms with van der Waals surface area (Å²) >= 11 is 1.22. The van der Waals surface area contributed by atoms with Crippen LogP contribution in [0.3, 0.4) is 0 Å². The number of nitrogen functional groups attached to an aromatic ring is 1. The molecule has 22 heavy (non-hydrogen) atoms. The monoisotopic (exact) mass is 318 g/mol. The van der Waals surface area contributed by atoms with Crippen LogP contribution in [0.1, 0.15) is 11.3 Å². The summed E-state index contributed by atoms with van der Waals surface area (Å²) in [6.07, 6.45) is 1.58. The van der Waals surface area contributed by atoms with Crippen molar-refractivity contribution in [2.75, 3.05) is 30.0 Å². The zero-order valence-electron chi connectivity index (χ0n) is 12.6. The number of amides is 2. The Morgan fingerprint density at radius 3 is 2.59 bits per heavy atom. The fraction of sp³-hybridized carbons (Fsp3) is 0.214. The van der Waals surface area contributed by atoms with Gasteiger partial charge in [-0.05, 0) is 24.6 Å². The average molecular weight is 318 g/mol. The number of hydrogen-bond acceptors (Lipinski definition) is 6. The van der Waals surface area contributed by atoms with E-state index in [1.165, 1.54) is 11.3 Å². The van der Waals surface area contributed by atoms with Gasteiger partial charge in [0.2, 0.25) is 0 Å². The highest BCUT2D eigenvalue weighted by atomic mass is 32.1. The van der Waals surface area contributed by atoms with Crippen molar-refractivity contribution in [1.29, 1.82) is 0 Å². The molecule has 1 heterocycles. The van der Waals surface area contributed by atoms with Crippen LogP contribution < -0.4 is 21.4 Å². The number of benzene rings is 1. The van der Waals surface area contributed by atoms with Gasteiger partial charge < -0.3 is 10.6 Å². The van der Waals surface area contributed by atoms with Crippen LogP contribution in [-0.2, 0) is 0 Å². The molecule has 7 nitrogen and oxygen atoms in total. The number of urea groups is 1. The van der Waals surface area contributed by atoms with Crippen LogP contribution in [-0.4, -0.2) is 31.3 Å². The Kier molecular flexibility index (Phi) is 4.95. The maximum Gasteiger partial charge on any atom is 0.340 e. The summed E-state index contributed by atoms with van der Waals surface area (Å²) in [4.78, 5) is 17.7. The Bertz CT molecular complexity index is 677. The molecule has 0 atom stereocenters. The normalized spacial score (nSPS) is 10.7. The first-order valence-corrected chi connectivity index (χ1v) is 7.37. The lowest BCUT2D eigenvalue weighted by Gasteiger charge is -2.11. The molecule has 4 N–H and O–H groups in total. The minimum absolute atomic E-state index is 0.414. The summed E-state index contributed by atoms with van der Waals surface area (Å²) in [6, 6.07) is 7.36. The number of rotatable bonds is 4. The summed E-state index contributed by atoms with van der Waals surface area (Å²) in [6.45, 7) is 1.78. The van der Waals surface area contributed by atoms with E-state index in [-0.39, 0.29) is 0 Å². The second-order valence-electron chi connectivity index (χ2n) is 4.78. The molecule has 0 aliphatic heterocycles. The lowest BCUT2D eigenvalue weighted by molar-refractivity contribution is 0.252. The zero-order valence-corrected chi connectivity index (χ0v) is 13.4. The first-order valence-electron chi connectivity index (χ1n) is 6.56. The first kappa shape index (κ1) is 15.8. The Morgan fingerprint density at radius 2 is 2.05 bits per heavy atom. The average Bonchev–Trinajstić information content (AvgIpc) is 2.77. The highest BCUT2D eigenvalue weighted by Gasteiger charge is 2.08. The van der Waals surface area contributed by atoms with Crippen LogP contribution in [0, 0.1) is 6.92 Å². The molecule has 2 rings (SSSR count). The summed E-state index contributed by atoms with van der Waals surface area (Å²) in [5.74, 6) is 0. The second-order valence-corrected chi connectivity index (χ2v) is 5.81. The van der Waals surface area contributed by atoms with Crippen molar-refractivity contribution >= 4 is 39.4 Å². The number of anilines is 3. The zero-order chi connectivity index (χ0) is 16.1. The van der Waals surface area contributed by atoms with Gasteiger partial charge in [0.1, 0.15) is 5.00 Å². The maximum absolute atomic E-state index is 11.7. The standard InChI is InChI=1S/C14H18N6OS/c1-9-12(22-13(15)17-9)18-14(21)19-16-8-10-4-6-11(7-5-10)20(2)3/h4-8H,1-3H3,(H2,15,17)(H2,18,19,21)/b16-8+. The molecule has 1 aromatic carbocycles. The van der Waals surface area contributed by atoms with Crippen molar-refractivity contribution in [3.05, 3.63) is 35.5 Å². The quantitative estimate of drug-likeness (QED) is 0.595. The number of nitrogens with zero attached hydrogens (tertiary/aromatic N) is 3. The topological polar surface area (TPSA) is 95.6 Å². The van der Waals surface area contributed by atoms with Crippen molar-refractivity contribution in [1.82, 2.24) is 10.4 Å². The molecular formula is C14H18N6OS. The summed E-state index contributed by atoms with van der Waals surface area (Å²) in [5, 5.41) is 7.57. The molecule has 2 amide bonds. The molecule has 0 radical (unpaired) electrons. The number of aryl methyl sites for hydroxylation is 1. The Hall–Kier alpha value is -2.61. The molecule has 0 spiro atoms.